The molecule has 6 nitrogen and oxygen atoms in total. The van der Waals surface area contributed by atoms with E-state index < -0.39 is 11.5 Å². The van der Waals surface area contributed by atoms with Crippen LogP contribution in [0.5, 0.6) is 0 Å². The third-order valence-electron chi connectivity index (χ3n) is 3.84. The largest absolute Gasteiger partial charge is 0.467 e. The summed E-state index contributed by atoms with van der Waals surface area (Å²) >= 11 is 0. The monoisotopic (exact) mass is 316 g/mol. The van der Waals surface area contributed by atoms with Crippen LogP contribution in [-0.4, -0.2) is 29.5 Å². The first-order valence-corrected chi connectivity index (χ1v) is 7.33. The van der Waals surface area contributed by atoms with E-state index in [1.54, 1.807) is 44.4 Å². The van der Waals surface area contributed by atoms with Crippen molar-refractivity contribution < 1.29 is 18.7 Å². The summed E-state index contributed by atoms with van der Waals surface area (Å²) < 4.78 is 10.1. The van der Waals surface area contributed by atoms with Crippen molar-refractivity contribution in [2.75, 3.05) is 7.11 Å². The number of nitrogens with zero attached hydrogens (tertiary/aromatic N) is 1. The number of esters is 1. The van der Waals surface area contributed by atoms with Gasteiger partial charge in [-0.15, -0.1) is 0 Å². The van der Waals surface area contributed by atoms with Gasteiger partial charge in [-0.2, -0.15) is 0 Å². The molecule has 2 heterocycles. The molecule has 6 heteroatoms. The van der Waals surface area contributed by atoms with Crippen molar-refractivity contribution in [2.24, 2.45) is 0 Å². The molecule has 1 unspecified atom stereocenters. The number of pyridine rings is 1. The highest BCUT2D eigenvalue weighted by molar-refractivity contribution is 5.99. The normalized spacial score (nSPS) is 13.2. The molecule has 2 aromatic rings. The smallest absolute Gasteiger partial charge is 0.331 e. The Morgan fingerprint density at radius 1 is 1.35 bits per heavy atom. The first-order valence-electron chi connectivity index (χ1n) is 7.33. The van der Waals surface area contributed by atoms with Gasteiger partial charge in [-0.3, -0.25) is 4.79 Å². The number of furan rings is 1. The second-order valence-electron chi connectivity index (χ2n) is 5.44. The standard InChI is InChI=1S/C17H20N2O4/c1-5-17(3,16(21)22-4)19-15(20)12-8-9-13(18-11(12)2)14-7-6-10-23-14/h6-10H,5H2,1-4H3,(H,19,20). The number of rotatable bonds is 5. The van der Waals surface area contributed by atoms with Crippen molar-refractivity contribution in [3.05, 3.63) is 41.8 Å². The lowest BCUT2D eigenvalue weighted by atomic mass is 9.98. The summed E-state index contributed by atoms with van der Waals surface area (Å²) in [5.74, 6) is -0.213. The molecule has 23 heavy (non-hydrogen) atoms. The van der Waals surface area contributed by atoms with Gasteiger partial charge in [0.1, 0.15) is 11.2 Å². The molecule has 1 amide bonds. The number of methoxy groups -OCH3 is 1. The molecular weight excluding hydrogens is 296 g/mol. The fraction of sp³-hybridized carbons (Fsp3) is 0.353. The van der Waals surface area contributed by atoms with Crippen LogP contribution in [0.1, 0.15) is 36.3 Å². The second-order valence-corrected chi connectivity index (χ2v) is 5.44. The van der Waals surface area contributed by atoms with Crippen LogP contribution < -0.4 is 5.32 Å². The summed E-state index contributed by atoms with van der Waals surface area (Å²) in [6.45, 7) is 5.18. The van der Waals surface area contributed by atoms with Crippen molar-refractivity contribution in [1.29, 1.82) is 0 Å². The maximum atomic E-state index is 12.5. The van der Waals surface area contributed by atoms with Crippen molar-refractivity contribution >= 4 is 11.9 Å². The number of hydrogen-bond acceptors (Lipinski definition) is 5. The third-order valence-corrected chi connectivity index (χ3v) is 3.84. The number of nitrogens with one attached hydrogen (secondary N) is 1. The number of aromatic nitrogens is 1. The summed E-state index contributed by atoms with van der Waals surface area (Å²) in [7, 11) is 1.30. The lowest BCUT2D eigenvalue weighted by Gasteiger charge is -2.26. The van der Waals surface area contributed by atoms with Crippen molar-refractivity contribution in [3.63, 3.8) is 0 Å². The van der Waals surface area contributed by atoms with E-state index in [2.05, 4.69) is 10.3 Å². The molecule has 0 aliphatic heterocycles. The first kappa shape index (κ1) is 16.7. The van der Waals surface area contributed by atoms with E-state index in [0.29, 0.717) is 29.1 Å². The Hall–Kier alpha value is -2.63. The minimum Gasteiger partial charge on any atom is -0.467 e. The minimum atomic E-state index is -1.07. The maximum absolute atomic E-state index is 12.5. The van der Waals surface area contributed by atoms with Crippen LogP contribution >= 0.6 is 0 Å². The highest BCUT2D eigenvalue weighted by Crippen LogP contribution is 2.20. The van der Waals surface area contributed by atoms with Gasteiger partial charge in [0.25, 0.3) is 5.91 Å². The molecule has 2 rings (SSSR count). The summed E-state index contributed by atoms with van der Waals surface area (Å²) in [6, 6.07) is 6.95. The maximum Gasteiger partial charge on any atom is 0.331 e. The number of amides is 1. The molecule has 1 atom stereocenters. The Bertz CT molecular complexity index is 709. The van der Waals surface area contributed by atoms with E-state index in [0.717, 1.165) is 0 Å². The van der Waals surface area contributed by atoms with Gasteiger partial charge in [-0.05, 0) is 44.5 Å². The van der Waals surface area contributed by atoms with Gasteiger partial charge >= 0.3 is 5.97 Å². The molecule has 0 bridgehead atoms. The SMILES string of the molecule is CCC(C)(NC(=O)c1ccc(-c2ccco2)nc1C)C(=O)OC. The molecule has 122 valence electrons. The van der Waals surface area contributed by atoms with Crippen LogP contribution in [0.15, 0.2) is 34.9 Å². The summed E-state index contributed by atoms with van der Waals surface area (Å²) in [5, 5.41) is 2.73. The number of carbonyl (C=O) groups is 2. The topological polar surface area (TPSA) is 81.4 Å². The molecule has 0 spiro atoms. The van der Waals surface area contributed by atoms with Crippen LogP contribution in [0, 0.1) is 6.92 Å². The number of aryl methyl sites for hydroxylation is 1. The predicted molar refractivity (Wildman–Crippen MR) is 84.9 cm³/mol. The molecule has 0 fully saturated rings. The van der Waals surface area contributed by atoms with Gasteiger partial charge in [-0.25, -0.2) is 9.78 Å². The van der Waals surface area contributed by atoms with Gasteiger partial charge < -0.3 is 14.5 Å². The quantitative estimate of drug-likeness (QED) is 0.858. The minimum absolute atomic E-state index is 0.365. The van der Waals surface area contributed by atoms with Gasteiger partial charge in [-0.1, -0.05) is 6.92 Å². The van der Waals surface area contributed by atoms with Crippen molar-refractivity contribution in [2.45, 2.75) is 32.7 Å². The predicted octanol–water partition coefficient (Wildman–Crippen LogP) is 2.72. The first-order chi connectivity index (χ1) is 10.9. The summed E-state index contributed by atoms with van der Waals surface area (Å²) in [6.07, 6.45) is 1.98. The van der Waals surface area contributed by atoms with Gasteiger partial charge in [0.2, 0.25) is 0 Å². The molecule has 1 N–H and O–H groups in total. The van der Waals surface area contributed by atoms with E-state index in [1.807, 2.05) is 6.92 Å². The second kappa shape index (κ2) is 6.64. The Labute approximate surface area is 134 Å². The lowest BCUT2D eigenvalue weighted by molar-refractivity contribution is -0.147. The van der Waals surface area contributed by atoms with Gasteiger partial charge in [0.05, 0.1) is 24.6 Å². The Kier molecular flexibility index (Phi) is 4.83. The Morgan fingerprint density at radius 2 is 2.09 bits per heavy atom. The molecule has 0 radical (unpaired) electrons. The number of carbonyl (C=O) groups excluding carboxylic acids is 2. The average molecular weight is 316 g/mol. The van der Waals surface area contributed by atoms with E-state index >= 15 is 0 Å². The van der Waals surface area contributed by atoms with Crippen LogP contribution in [0.3, 0.4) is 0 Å². The lowest BCUT2D eigenvalue weighted by Crippen LogP contribution is -2.52. The zero-order valence-corrected chi connectivity index (χ0v) is 13.7. The third kappa shape index (κ3) is 3.41. The van der Waals surface area contributed by atoms with Crippen LogP contribution in [-0.2, 0) is 9.53 Å². The average Bonchev–Trinajstić information content (AvgIpc) is 3.08. The van der Waals surface area contributed by atoms with Crippen LogP contribution in [0.2, 0.25) is 0 Å². The Balaban J connectivity index is 2.25. The molecule has 0 saturated carbocycles. The molecular formula is C17H20N2O4. The summed E-state index contributed by atoms with van der Waals surface area (Å²) in [4.78, 5) is 28.7. The number of ether oxygens (including phenoxy) is 1. The molecule has 0 saturated heterocycles. The molecule has 2 aromatic heterocycles. The number of hydrogen-bond donors (Lipinski definition) is 1. The van der Waals surface area contributed by atoms with Crippen LogP contribution in [0.25, 0.3) is 11.5 Å². The van der Waals surface area contributed by atoms with E-state index in [1.165, 1.54) is 7.11 Å². The zero-order chi connectivity index (χ0) is 17.0. The zero-order valence-electron chi connectivity index (χ0n) is 13.7. The van der Waals surface area contributed by atoms with Crippen molar-refractivity contribution in [1.82, 2.24) is 10.3 Å². The summed E-state index contributed by atoms with van der Waals surface area (Å²) in [5.41, 5.74) is 0.539. The van der Waals surface area contributed by atoms with E-state index in [9.17, 15) is 9.59 Å². The fourth-order valence-corrected chi connectivity index (χ4v) is 2.19. The van der Waals surface area contributed by atoms with Crippen molar-refractivity contribution in [3.8, 4) is 11.5 Å². The molecule has 0 aliphatic carbocycles. The molecule has 0 aromatic carbocycles. The van der Waals surface area contributed by atoms with Gasteiger partial charge in [0.15, 0.2) is 5.76 Å². The molecule has 0 aliphatic rings. The van der Waals surface area contributed by atoms with E-state index in [4.69, 9.17) is 9.15 Å². The Morgan fingerprint density at radius 3 is 2.61 bits per heavy atom. The fourth-order valence-electron chi connectivity index (χ4n) is 2.19. The van der Waals surface area contributed by atoms with Gasteiger partial charge in [0, 0.05) is 0 Å². The van der Waals surface area contributed by atoms with E-state index in [-0.39, 0.29) is 5.91 Å². The highest BCUT2D eigenvalue weighted by atomic mass is 16.5. The van der Waals surface area contributed by atoms with Crippen LogP contribution in [0.4, 0.5) is 0 Å². The highest BCUT2D eigenvalue weighted by Gasteiger charge is 2.34.